The fraction of sp³-hybridized carbons (Fsp3) is 0.769. The van der Waals surface area contributed by atoms with E-state index in [1.54, 1.807) is 0 Å². The SMILES string of the molecule is CCC1(Cn2c(SCC(=O)O)nnc2C2CC2)CC1. The van der Waals surface area contributed by atoms with Gasteiger partial charge in [0.1, 0.15) is 5.82 Å². The van der Waals surface area contributed by atoms with Gasteiger partial charge in [-0.2, -0.15) is 0 Å². The molecule has 1 aromatic heterocycles. The van der Waals surface area contributed by atoms with Gasteiger partial charge in [0, 0.05) is 12.5 Å². The molecule has 2 fully saturated rings. The molecule has 1 N–H and O–H groups in total. The van der Waals surface area contributed by atoms with Crippen LogP contribution in [0.25, 0.3) is 0 Å². The average Bonchev–Trinajstić information content (AvgIpc) is 3.28. The summed E-state index contributed by atoms with van der Waals surface area (Å²) in [6, 6.07) is 0. The zero-order valence-electron chi connectivity index (χ0n) is 11.1. The molecule has 3 rings (SSSR count). The van der Waals surface area contributed by atoms with Crippen LogP contribution in [0.4, 0.5) is 0 Å². The Kier molecular flexibility index (Phi) is 3.28. The van der Waals surface area contributed by atoms with Crippen molar-refractivity contribution in [2.75, 3.05) is 5.75 Å². The van der Waals surface area contributed by atoms with E-state index >= 15 is 0 Å². The molecule has 0 unspecified atom stereocenters. The second-order valence-electron chi connectivity index (χ2n) is 5.74. The Morgan fingerprint density at radius 1 is 1.47 bits per heavy atom. The molecule has 0 saturated heterocycles. The second kappa shape index (κ2) is 4.81. The van der Waals surface area contributed by atoms with E-state index in [0.29, 0.717) is 11.3 Å². The van der Waals surface area contributed by atoms with Gasteiger partial charge >= 0.3 is 5.97 Å². The van der Waals surface area contributed by atoms with Gasteiger partial charge in [-0.15, -0.1) is 10.2 Å². The van der Waals surface area contributed by atoms with Crippen molar-refractivity contribution >= 4 is 17.7 Å². The summed E-state index contributed by atoms with van der Waals surface area (Å²) in [5, 5.41) is 18.1. The third kappa shape index (κ3) is 2.78. The average molecular weight is 281 g/mol. The molecule has 0 aromatic carbocycles. The molecular weight excluding hydrogens is 262 g/mol. The van der Waals surface area contributed by atoms with E-state index < -0.39 is 5.97 Å². The number of carbonyl (C=O) groups is 1. The lowest BCUT2D eigenvalue weighted by Crippen LogP contribution is -2.14. The van der Waals surface area contributed by atoms with Crippen LogP contribution in [0.3, 0.4) is 0 Å². The van der Waals surface area contributed by atoms with Gasteiger partial charge in [0.15, 0.2) is 5.16 Å². The molecular formula is C13H19N3O2S. The number of aliphatic carboxylic acids is 1. The van der Waals surface area contributed by atoms with Crippen molar-refractivity contribution in [2.24, 2.45) is 5.41 Å². The predicted molar refractivity (Wildman–Crippen MR) is 72.3 cm³/mol. The predicted octanol–water partition coefficient (Wildman–Crippen LogP) is 2.52. The first-order chi connectivity index (χ1) is 9.13. The summed E-state index contributed by atoms with van der Waals surface area (Å²) in [5.74, 6) is 0.887. The third-order valence-corrected chi connectivity index (χ3v) is 5.16. The quantitative estimate of drug-likeness (QED) is 0.778. The Balaban J connectivity index is 1.80. The molecule has 5 nitrogen and oxygen atoms in total. The fourth-order valence-corrected chi connectivity index (χ4v) is 3.13. The summed E-state index contributed by atoms with van der Waals surface area (Å²) < 4.78 is 2.20. The molecule has 2 saturated carbocycles. The van der Waals surface area contributed by atoms with E-state index in [1.807, 2.05) is 0 Å². The Bertz CT molecular complexity index is 492. The second-order valence-corrected chi connectivity index (χ2v) is 6.68. The van der Waals surface area contributed by atoms with Gasteiger partial charge < -0.3 is 9.67 Å². The summed E-state index contributed by atoms with van der Waals surface area (Å²) >= 11 is 1.29. The van der Waals surface area contributed by atoms with Crippen molar-refractivity contribution in [3.8, 4) is 0 Å². The van der Waals surface area contributed by atoms with Crippen LogP contribution in [-0.2, 0) is 11.3 Å². The number of thioether (sulfide) groups is 1. The number of carboxylic acid groups (broad SMARTS) is 1. The lowest BCUT2D eigenvalue weighted by molar-refractivity contribution is -0.133. The first kappa shape index (κ1) is 13.0. The number of aromatic nitrogens is 3. The Morgan fingerprint density at radius 2 is 2.21 bits per heavy atom. The maximum Gasteiger partial charge on any atom is 0.313 e. The monoisotopic (exact) mass is 281 g/mol. The smallest absolute Gasteiger partial charge is 0.313 e. The number of hydrogen-bond donors (Lipinski definition) is 1. The fourth-order valence-electron chi connectivity index (χ4n) is 2.46. The Morgan fingerprint density at radius 3 is 2.74 bits per heavy atom. The van der Waals surface area contributed by atoms with Crippen molar-refractivity contribution in [3.63, 3.8) is 0 Å². The first-order valence-corrected chi connectivity index (χ1v) is 7.90. The summed E-state index contributed by atoms with van der Waals surface area (Å²) in [5.41, 5.74) is 0.421. The number of rotatable bonds is 7. The molecule has 0 amide bonds. The minimum atomic E-state index is -0.802. The molecule has 0 bridgehead atoms. The van der Waals surface area contributed by atoms with Crippen LogP contribution < -0.4 is 0 Å². The van der Waals surface area contributed by atoms with E-state index in [9.17, 15) is 4.79 Å². The minimum Gasteiger partial charge on any atom is -0.481 e. The zero-order chi connectivity index (χ0) is 13.5. The lowest BCUT2D eigenvalue weighted by Gasteiger charge is -2.16. The molecule has 2 aliphatic rings. The van der Waals surface area contributed by atoms with Crippen molar-refractivity contribution in [3.05, 3.63) is 5.82 Å². The molecule has 0 radical (unpaired) electrons. The first-order valence-electron chi connectivity index (χ1n) is 6.91. The van der Waals surface area contributed by atoms with E-state index in [1.165, 1.54) is 43.9 Å². The van der Waals surface area contributed by atoms with Crippen molar-refractivity contribution in [2.45, 2.75) is 56.6 Å². The maximum absolute atomic E-state index is 10.7. The van der Waals surface area contributed by atoms with E-state index in [4.69, 9.17) is 5.11 Å². The largest absolute Gasteiger partial charge is 0.481 e. The molecule has 2 aliphatic carbocycles. The van der Waals surface area contributed by atoms with Crippen LogP contribution >= 0.6 is 11.8 Å². The third-order valence-electron chi connectivity index (χ3n) is 4.21. The molecule has 0 aliphatic heterocycles. The summed E-state index contributed by atoms with van der Waals surface area (Å²) in [4.78, 5) is 10.7. The lowest BCUT2D eigenvalue weighted by atomic mass is 10.0. The van der Waals surface area contributed by atoms with Crippen LogP contribution in [0.1, 0.15) is 50.8 Å². The Labute approximate surface area is 116 Å². The van der Waals surface area contributed by atoms with Crippen LogP contribution in [-0.4, -0.2) is 31.6 Å². The van der Waals surface area contributed by atoms with Gasteiger partial charge in [0.2, 0.25) is 0 Å². The standard InChI is InChI=1S/C13H19N3O2S/c1-2-13(5-6-13)8-16-11(9-3-4-9)14-15-12(16)19-7-10(17)18/h9H,2-8H2,1H3,(H,17,18). The van der Waals surface area contributed by atoms with Crippen LogP contribution in [0, 0.1) is 5.41 Å². The highest BCUT2D eigenvalue weighted by Gasteiger charge is 2.43. The van der Waals surface area contributed by atoms with Gasteiger partial charge in [0.25, 0.3) is 0 Å². The zero-order valence-corrected chi connectivity index (χ0v) is 11.9. The molecule has 0 spiro atoms. The van der Waals surface area contributed by atoms with Crippen LogP contribution in [0.15, 0.2) is 5.16 Å². The Hall–Kier alpha value is -1.04. The molecule has 19 heavy (non-hydrogen) atoms. The van der Waals surface area contributed by atoms with Gasteiger partial charge in [-0.05, 0) is 37.5 Å². The molecule has 6 heteroatoms. The van der Waals surface area contributed by atoms with Crippen molar-refractivity contribution in [1.82, 2.24) is 14.8 Å². The minimum absolute atomic E-state index is 0.0575. The van der Waals surface area contributed by atoms with Crippen LogP contribution in [0.2, 0.25) is 0 Å². The van der Waals surface area contributed by atoms with Gasteiger partial charge in [0.05, 0.1) is 5.75 Å². The highest BCUT2D eigenvalue weighted by Crippen LogP contribution is 2.51. The molecule has 104 valence electrons. The molecule has 0 atom stereocenters. The van der Waals surface area contributed by atoms with E-state index in [0.717, 1.165) is 17.5 Å². The van der Waals surface area contributed by atoms with Crippen LogP contribution in [0.5, 0.6) is 0 Å². The van der Waals surface area contributed by atoms with Gasteiger partial charge in [-0.3, -0.25) is 4.79 Å². The summed E-state index contributed by atoms with van der Waals surface area (Å²) in [7, 11) is 0. The summed E-state index contributed by atoms with van der Waals surface area (Å²) in [6.07, 6.45) is 6.11. The number of hydrogen-bond acceptors (Lipinski definition) is 4. The summed E-state index contributed by atoms with van der Waals surface area (Å²) in [6.45, 7) is 3.20. The highest BCUT2D eigenvalue weighted by atomic mass is 32.2. The normalized spacial score (nSPS) is 20.5. The van der Waals surface area contributed by atoms with Crippen molar-refractivity contribution < 1.29 is 9.90 Å². The molecule has 1 aromatic rings. The van der Waals surface area contributed by atoms with E-state index in [2.05, 4.69) is 21.7 Å². The molecule has 1 heterocycles. The van der Waals surface area contributed by atoms with Gasteiger partial charge in [-0.1, -0.05) is 18.7 Å². The van der Waals surface area contributed by atoms with E-state index in [-0.39, 0.29) is 5.75 Å². The highest BCUT2D eigenvalue weighted by molar-refractivity contribution is 7.99. The number of carboxylic acids is 1. The maximum atomic E-state index is 10.7. The number of nitrogens with zero attached hydrogens (tertiary/aromatic N) is 3. The van der Waals surface area contributed by atoms with Crippen molar-refractivity contribution in [1.29, 1.82) is 0 Å². The topological polar surface area (TPSA) is 68.0 Å². The van der Waals surface area contributed by atoms with Gasteiger partial charge in [-0.25, -0.2) is 0 Å².